The normalized spacial score (nSPS) is 33.0. The summed E-state index contributed by atoms with van der Waals surface area (Å²) in [5.74, 6) is 0. The molecule has 0 aromatic rings. The van der Waals surface area contributed by atoms with Crippen LogP contribution in [0.1, 0.15) is 26.2 Å². The lowest BCUT2D eigenvalue weighted by Crippen LogP contribution is -2.45. The first-order valence-electron chi connectivity index (χ1n) is 4.94. The van der Waals surface area contributed by atoms with Crippen molar-refractivity contribution in [2.24, 2.45) is 0 Å². The van der Waals surface area contributed by atoms with Crippen molar-refractivity contribution in [2.75, 3.05) is 6.61 Å². The first-order valence-corrected chi connectivity index (χ1v) is 5.35. The Morgan fingerprint density at radius 2 is 2.08 bits per heavy atom. The van der Waals surface area contributed by atoms with Crippen molar-refractivity contribution >= 4 is 17.3 Å². The van der Waals surface area contributed by atoms with Gasteiger partial charge in [-0.3, -0.25) is 0 Å². The van der Waals surface area contributed by atoms with Crippen molar-refractivity contribution in [3.05, 3.63) is 0 Å². The van der Waals surface area contributed by atoms with Crippen LogP contribution < -0.4 is 10.6 Å². The number of hydrogen-bond donors (Lipinski definition) is 2. The van der Waals surface area contributed by atoms with E-state index in [4.69, 9.17) is 17.0 Å². The second-order valence-corrected chi connectivity index (χ2v) is 4.27. The molecule has 0 aromatic heterocycles. The van der Waals surface area contributed by atoms with Gasteiger partial charge in [-0.05, 0) is 38.4 Å². The van der Waals surface area contributed by atoms with Crippen molar-refractivity contribution in [2.45, 2.75) is 44.4 Å². The average Bonchev–Trinajstić information content (AvgIpc) is 2.79. The highest BCUT2D eigenvalue weighted by Crippen LogP contribution is 2.18. The summed E-state index contributed by atoms with van der Waals surface area (Å²) in [7, 11) is 0. The largest absolute Gasteiger partial charge is 0.376 e. The summed E-state index contributed by atoms with van der Waals surface area (Å²) in [5.41, 5.74) is 0. The fraction of sp³-hybridized carbons (Fsp3) is 0.889. The van der Waals surface area contributed by atoms with Crippen LogP contribution in [0.4, 0.5) is 0 Å². The Morgan fingerprint density at radius 3 is 2.62 bits per heavy atom. The molecule has 0 spiro atoms. The fourth-order valence-corrected chi connectivity index (χ4v) is 1.86. The number of nitrogens with one attached hydrogen (secondary N) is 2. The lowest BCUT2D eigenvalue weighted by molar-refractivity contribution is 0.116. The van der Waals surface area contributed by atoms with E-state index >= 15 is 0 Å². The first-order chi connectivity index (χ1) is 6.25. The van der Waals surface area contributed by atoms with Gasteiger partial charge in [-0.1, -0.05) is 0 Å². The summed E-state index contributed by atoms with van der Waals surface area (Å²) in [4.78, 5) is 0. The maximum atomic E-state index is 5.44. The van der Waals surface area contributed by atoms with Crippen LogP contribution in [0.5, 0.6) is 0 Å². The van der Waals surface area contributed by atoms with Gasteiger partial charge in [0.2, 0.25) is 0 Å². The molecule has 1 saturated carbocycles. The lowest BCUT2D eigenvalue weighted by atomic mass is 10.2. The molecule has 0 amide bonds. The van der Waals surface area contributed by atoms with Crippen LogP contribution in [-0.4, -0.2) is 29.9 Å². The highest BCUT2D eigenvalue weighted by atomic mass is 32.1. The van der Waals surface area contributed by atoms with Gasteiger partial charge in [-0.25, -0.2) is 0 Å². The van der Waals surface area contributed by atoms with Gasteiger partial charge in [0.1, 0.15) is 0 Å². The smallest absolute Gasteiger partial charge is 0.166 e. The van der Waals surface area contributed by atoms with Gasteiger partial charge in [-0.2, -0.15) is 0 Å². The maximum absolute atomic E-state index is 5.44. The molecule has 13 heavy (non-hydrogen) atoms. The third-order valence-electron chi connectivity index (χ3n) is 2.61. The Balaban J connectivity index is 1.72. The molecule has 0 radical (unpaired) electrons. The number of rotatable bonds is 2. The lowest BCUT2D eigenvalue weighted by Gasteiger charge is -2.18. The monoisotopic (exact) mass is 200 g/mol. The van der Waals surface area contributed by atoms with E-state index in [0.29, 0.717) is 18.2 Å². The Kier molecular flexibility index (Phi) is 2.69. The predicted octanol–water partition coefficient (Wildman–Crippen LogP) is 0.790. The van der Waals surface area contributed by atoms with Crippen LogP contribution >= 0.6 is 12.2 Å². The molecule has 2 atom stereocenters. The van der Waals surface area contributed by atoms with E-state index in [0.717, 1.165) is 18.1 Å². The third-order valence-corrected chi connectivity index (χ3v) is 2.84. The van der Waals surface area contributed by atoms with E-state index in [-0.39, 0.29) is 0 Å². The van der Waals surface area contributed by atoms with Gasteiger partial charge in [0.25, 0.3) is 0 Å². The topological polar surface area (TPSA) is 33.3 Å². The van der Waals surface area contributed by atoms with E-state index in [1.54, 1.807) is 0 Å². The highest BCUT2D eigenvalue weighted by Gasteiger charge is 2.27. The summed E-state index contributed by atoms with van der Waals surface area (Å²) in [6, 6.07) is 1.04. The van der Waals surface area contributed by atoms with Crippen molar-refractivity contribution in [3.63, 3.8) is 0 Å². The molecule has 3 nitrogen and oxygen atoms in total. The zero-order chi connectivity index (χ0) is 9.26. The third kappa shape index (κ3) is 2.54. The molecule has 2 N–H and O–H groups in total. The van der Waals surface area contributed by atoms with E-state index in [2.05, 4.69) is 17.6 Å². The number of thiocarbonyl (C=S) groups is 1. The Bertz CT molecular complexity index is 206. The van der Waals surface area contributed by atoms with Gasteiger partial charge in [0.05, 0.1) is 12.1 Å². The van der Waals surface area contributed by atoms with Crippen LogP contribution in [0.25, 0.3) is 0 Å². The van der Waals surface area contributed by atoms with Crippen LogP contribution in [-0.2, 0) is 4.74 Å². The van der Waals surface area contributed by atoms with Gasteiger partial charge < -0.3 is 15.4 Å². The summed E-state index contributed by atoms with van der Waals surface area (Å²) < 4.78 is 5.44. The van der Waals surface area contributed by atoms with E-state index < -0.39 is 0 Å². The standard InChI is InChI=1S/C9H16N2OS/c1-6-8(4-5-12-6)11-9(13)10-7-2-3-7/h6-8H,2-5H2,1H3,(H2,10,11,13). The average molecular weight is 200 g/mol. The molecular weight excluding hydrogens is 184 g/mol. The molecule has 4 heteroatoms. The Hall–Kier alpha value is -0.350. The minimum absolute atomic E-state index is 0.291. The molecule has 1 aliphatic carbocycles. The Labute approximate surface area is 84.2 Å². The minimum atomic E-state index is 0.291. The molecule has 2 aliphatic rings. The quantitative estimate of drug-likeness (QED) is 0.646. The summed E-state index contributed by atoms with van der Waals surface area (Å²) >= 11 is 5.18. The number of ether oxygens (including phenoxy) is 1. The molecule has 2 unspecified atom stereocenters. The van der Waals surface area contributed by atoms with Gasteiger partial charge in [-0.15, -0.1) is 0 Å². The maximum Gasteiger partial charge on any atom is 0.166 e. The molecule has 1 aliphatic heterocycles. The molecule has 1 heterocycles. The van der Waals surface area contributed by atoms with Crippen molar-refractivity contribution in [1.29, 1.82) is 0 Å². The molecule has 0 bridgehead atoms. The van der Waals surface area contributed by atoms with Crippen LogP contribution in [0.2, 0.25) is 0 Å². The van der Waals surface area contributed by atoms with Gasteiger partial charge >= 0.3 is 0 Å². The van der Waals surface area contributed by atoms with E-state index in [1.165, 1.54) is 12.8 Å². The fourth-order valence-electron chi connectivity index (χ4n) is 1.54. The first kappa shape index (κ1) is 9.21. The Morgan fingerprint density at radius 1 is 1.31 bits per heavy atom. The molecule has 2 fully saturated rings. The van der Waals surface area contributed by atoms with E-state index in [9.17, 15) is 0 Å². The SMILES string of the molecule is CC1OCCC1NC(=S)NC1CC1. The van der Waals surface area contributed by atoms with Crippen LogP contribution in [0, 0.1) is 0 Å². The zero-order valence-corrected chi connectivity index (χ0v) is 8.69. The molecule has 0 aromatic carbocycles. The molecule has 74 valence electrons. The summed E-state index contributed by atoms with van der Waals surface area (Å²) in [5, 5.41) is 7.36. The minimum Gasteiger partial charge on any atom is -0.376 e. The molecular formula is C9H16N2OS. The zero-order valence-electron chi connectivity index (χ0n) is 7.88. The molecule has 2 rings (SSSR count). The van der Waals surface area contributed by atoms with Gasteiger partial charge in [0, 0.05) is 12.6 Å². The van der Waals surface area contributed by atoms with Crippen molar-refractivity contribution in [1.82, 2.24) is 10.6 Å². The van der Waals surface area contributed by atoms with Crippen molar-refractivity contribution < 1.29 is 4.74 Å². The van der Waals surface area contributed by atoms with E-state index in [1.807, 2.05) is 0 Å². The predicted molar refractivity (Wildman–Crippen MR) is 55.7 cm³/mol. The number of hydrogen-bond acceptors (Lipinski definition) is 2. The van der Waals surface area contributed by atoms with Crippen LogP contribution in [0.3, 0.4) is 0 Å². The second-order valence-electron chi connectivity index (χ2n) is 3.86. The van der Waals surface area contributed by atoms with Gasteiger partial charge in [0.15, 0.2) is 5.11 Å². The highest BCUT2D eigenvalue weighted by molar-refractivity contribution is 7.80. The van der Waals surface area contributed by atoms with Crippen molar-refractivity contribution in [3.8, 4) is 0 Å². The summed E-state index contributed by atoms with van der Waals surface area (Å²) in [6.45, 7) is 2.94. The second kappa shape index (κ2) is 3.80. The van der Waals surface area contributed by atoms with Crippen LogP contribution in [0.15, 0.2) is 0 Å². The summed E-state index contributed by atoms with van der Waals surface area (Å²) in [6.07, 6.45) is 3.88. The molecule has 1 saturated heterocycles.